The van der Waals surface area contributed by atoms with Gasteiger partial charge in [-0.05, 0) is 19.8 Å². The number of carbonyl (C=O) groups excluding carboxylic acids is 2. The van der Waals surface area contributed by atoms with Crippen LogP contribution in [0.3, 0.4) is 0 Å². The first-order chi connectivity index (χ1) is 11.0. The minimum Gasteiger partial charge on any atom is -0.417 e. The molecule has 2 aliphatic rings. The number of esters is 2. The lowest BCUT2D eigenvalue weighted by molar-refractivity contribution is -0.237. The van der Waals surface area contributed by atoms with E-state index in [0.717, 1.165) is 19.3 Å². The SMILES string of the molecule is CCn1[nH]c(NN=C2C(=O)OC3(CCCCC3)OC2=O)cc1=O. The minimum atomic E-state index is -1.13. The summed E-state index contributed by atoms with van der Waals surface area (Å²) in [5.74, 6) is -2.49. The predicted octanol–water partition coefficient (Wildman–Crippen LogP) is 0.725. The predicted molar refractivity (Wildman–Crippen MR) is 79.8 cm³/mol. The van der Waals surface area contributed by atoms with Crippen LogP contribution in [0.25, 0.3) is 0 Å². The quantitative estimate of drug-likeness (QED) is 0.626. The van der Waals surface area contributed by atoms with Crippen molar-refractivity contribution in [1.29, 1.82) is 0 Å². The topological polar surface area (TPSA) is 115 Å². The van der Waals surface area contributed by atoms with Gasteiger partial charge in [-0.3, -0.25) is 20.0 Å². The standard InChI is InChI=1S/C14H18N4O5/c1-2-18-10(19)8-9(17-18)15-16-11-12(20)22-14(23-13(11)21)6-4-3-5-7-14/h8,15,17H,2-7H2,1H3. The zero-order valence-corrected chi connectivity index (χ0v) is 12.8. The zero-order chi connectivity index (χ0) is 16.4. The number of anilines is 1. The average Bonchev–Trinajstić information content (AvgIpc) is 2.87. The summed E-state index contributed by atoms with van der Waals surface area (Å²) in [5.41, 5.74) is 1.76. The third kappa shape index (κ3) is 2.99. The van der Waals surface area contributed by atoms with Crippen molar-refractivity contribution in [3.8, 4) is 0 Å². The van der Waals surface area contributed by atoms with Crippen molar-refractivity contribution in [2.24, 2.45) is 5.10 Å². The Kier molecular flexibility index (Phi) is 3.93. The van der Waals surface area contributed by atoms with Crippen LogP contribution < -0.4 is 11.0 Å². The van der Waals surface area contributed by atoms with Gasteiger partial charge in [-0.25, -0.2) is 9.59 Å². The second-order valence-electron chi connectivity index (χ2n) is 5.57. The first-order valence-corrected chi connectivity index (χ1v) is 7.63. The molecule has 1 aromatic rings. The molecule has 0 aromatic carbocycles. The summed E-state index contributed by atoms with van der Waals surface area (Å²) >= 11 is 0. The van der Waals surface area contributed by atoms with E-state index in [-0.39, 0.29) is 11.4 Å². The lowest BCUT2D eigenvalue weighted by atomic mass is 9.93. The molecule has 0 amide bonds. The monoisotopic (exact) mass is 322 g/mol. The maximum atomic E-state index is 12.1. The summed E-state index contributed by atoms with van der Waals surface area (Å²) < 4.78 is 12.0. The molecule has 2 heterocycles. The number of nitrogens with zero attached hydrogens (tertiary/aromatic N) is 2. The van der Waals surface area contributed by atoms with E-state index in [2.05, 4.69) is 15.6 Å². The van der Waals surface area contributed by atoms with Crippen LogP contribution >= 0.6 is 0 Å². The molecule has 0 atom stereocenters. The summed E-state index contributed by atoms with van der Waals surface area (Å²) in [6, 6.07) is 1.27. The number of nitrogens with one attached hydrogen (secondary N) is 2. The number of H-pyrrole nitrogens is 1. The fourth-order valence-corrected chi connectivity index (χ4v) is 2.77. The number of aromatic amines is 1. The molecule has 1 aliphatic carbocycles. The van der Waals surface area contributed by atoms with E-state index < -0.39 is 23.4 Å². The van der Waals surface area contributed by atoms with E-state index in [1.807, 2.05) is 0 Å². The Balaban J connectivity index is 1.74. The van der Waals surface area contributed by atoms with Gasteiger partial charge in [-0.1, -0.05) is 6.42 Å². The lowest BCUT2D eigenvalue weighted by Gasteiger charge is -2.38. The Bertz CT molecular complexity index is 689. The maximum Gasteiger partial charge on any atom is 0.369 e. The van der Waals surface area contributed by atoms with Gasteiger partial charge in [0.15, 0.2) is 0 Å². The van der Waals surface area contributed by atoms with Crippen LogP contribution in [0.5, 0.6) is 0 Å². The molecule has 1 spiro atoms. The molecule has 9 nitrogen and oxygen atoms in total. The van der Waals surface area contributed by atoms with Crippen LogP contribution in [0.4, 0.5) is 5.82 Å². The third-order valence-corrected chi connectivity index (χ3v) is 3.95. The number of hydrogen-bond acceptors (Lipinski definition) is 7. The number of hydrazone groups is 1. The van der Waals surface area contributed by atoms with Gasteiger partial charge in [0.1, 0.15) is 5.82 Å². The molecule has 23 heavy (non-hydrogen) atoms. The molecule has 0 radical (unpaired) electrons. The van der Waals surface area contributed by atoms with Gasteiger partial charge >= 0.3 is 11.9 Å². The van der Waals surface area contributed by atoms with E-state index in [1.54, 1.807) is 6.92 Å². The smallest absolute Gasteiger partial charge is 0.369 e. The fourth-order valence-electron chi connectivity index (χ4n) is 2.77. The highest BCUT2D eigenvalue weighted by atomic mass is 16.7. The Morgan fingerprint density at radius 3 is 2.43 bits per heavy atom. The summed E-state index contributed by atoms with van der Waals surface area (Å²) in [7, 11) is 0. The number of aromatic nitrogens is 2. The minimum absolute atomic E-state index is 0.245. The maximum absolute atomic E-state index is 12.1. The molecule has 3 rings (SSSR count). The summed E-state index contributed by atoms with van der Waals surface area (Å²) in [4.78, 5) is 35.6. The molecule has 0 bridgehead atoms. The molecule has 9 heteroatoms. The number of aryl methyl sites for hydroxylation is 1. The third-order valence-electron chi connectivity index (χ3n) is 3.95. The molecule has 1 aliphatic heterocycles. The van der Waals surface area contributed by atoms with Gasteiger partial charge in [0.2, 0.25) is 0 Å². The highest BCUT2D eigenvalue weighted by molar-refractivity contribution is 6.63. The first-order valence-electron chi connectivity index (χ1n) is 7.63. The molecule has 0 unspecified atom stereocenters. The Labute approximate surface area is 131 Å². The lowest BCUT2D eigenvalue weighted by Crippen LogP contribution is -2.51. The first kappa shape index (κ1) is 15.3. The molecule has 1 saturated carbocycles. The molecule has 124 valence electrons. The highest BCUT2D eigenvalue weighted by Crippen LogP contribution is 2.35. The molecule has 2 N–H and O–H groups in total. The van der Waals surface area contributed by atoms with E-state index in [1.165, 1.54) is 10.7 Å². The Morgan fingerprint density at radius 2 is 1.87 bits per heavy atom. The van der Waals surface area contributed by atoms with Crippen molar-refractivity contribution in [3.05, 3.63) is 16.4 Å². The van der Waals surface area contributed by atoms with Crippen LogP contribution in [0, 0.1) is 0 Å². The zero-order valence-electron chi connectivity index (χ0n) is 12.8. The highest BCUT2D eigenvalue weighted by Gasteiger charge is 2.47. The van der Waals surface area contributed by atoms with Crippen molar-refractivity contribution in [1.82, 2.24) is 9.78 Å². The van der Waals surface area contributed by atoms with E-state index >= 15 is 0 Å². The van der Waals surface area contributed by atoms with Gasteiger partial charge in [0, 0.05) is 25.5 Å². The Morgan fingerprint density at radius 1 is 1.22 bits per heavy atom. The summed E-state index contributed by atoms with van der Waals surface area (Å²) in [6.07, 6.45) is 3.74. The van der Waals surface area contributed by atoms with Crippen molar-refractivity contribution < 1.29 is 19.1 Å². The summed E-state index contributed by atoms with van der Waals surface area (Å²) in [5, 5.41) is 6.46. The Hall–Kier alpha value is -2.58. The second-order valence-corrected chi connectivity index (χ2v) is 5.57. The van der Waals surface area contributed by atoms with Gasteiger partial charge in [0.25, 0.3) is 17.1 Å². The number of ether oxygens (including phenoxy) is 2. The molecular formula is C14H18N4O5. The van der Waals surface area contributed by atoms with E-state index in [4.69, 9.17) is 9.47 Å². The normalized spacial score (nSPS) is 20.1. The van der Waals surface area contributed by atoms with E-state index in [0.29, 0.717) is 19.4 Å². The van der Waals surface area contributed by atoms with Crippen molar-refractivity contribution in [3.63, 3.8) is 0 Å². The van der Waals surface area contributed by atoms with E-state index in [9.17, 15) is 14.4 Å². The average molecular weight is 322 g/mol. The van der Waals surface area contributed by atoms with Gasteiger partial charge < -0.3 is 9.47 Å². The van der Waals surface area contributed by atoms with Crippen molar-refractivity contribution >= 4 is 23.5 Å². The van der Waals surface area contributed by atoms with Gasteiger partial charge in [-0.15, -0.1) is 0 Å². The second kappa shape index (κ2) is 5.90. The fraction of sp³-hybridized carbons (Fsp3) is 0.571. The number of rotatable bonds is 3. The molecular weight excluding hydrogens is 304 g/mol. The molecule has 1 saturated heterocycles. The van der Waals surface area contributed by atoms with Crippen LogP contribution in [-0.2, 0) is 25.6 Å². The van der Waals surface area contributed by atoms with Crippen LogP contribution in [0.2, 0.25) is 0 Å². The van der Waals surface area contributed by atoms with Crippen LogP contribution in [-0.4, -0.2) is 33.2 Å². The molecule has 1 aromatic heterocycles. The van der Waals surface area contributed by atoms with Gasteiger partial charge in [-0.2, -0.15) is 5.10 Å². The summed E-state index contributed by atoms with van der Waals surface area (Å²) in [6.45, 7) is 2.26. The largest absolute Gasteiger partial charge is 0.417 e. The number of carbonyl (C=O) groups is 2. The number of hydrogen-bond donors (Lipinski definition) is 2. The van der Waals surface area contributed by atoms with Crippen molar-refractivity contribution in [2.75, 3.05) is 5.43 Å². The van der Waals surface area contributed by atoms with Gasteiger partial charge in [0.05, 0.1) is 0 Å². The van der Waals surface area contributed by atoms with Crippen molar-refractivity contribution in [2.45, 2.75) is 51.4 Å². The van der Waals surface area contributed by atoms with Crippen LogP contribution in [0.15, 0.2) is 16.0 Å². The van der Waals surface area contributed by atoms with Crippen LogP contribution in [0.1, 0.15) is 39.0 Å². The molecule has 2 fully saturated rings.